The van der Waals surface area contributed by atoms with Crippen LogP contribution in [0.25, 0.3) is 0 Å². The molecular weight excluding hydrogens is 304 g/mol. The zero-order chi connectivity index (χ0) is 13.8. The third-order valence-corrected chi connectivity index (χ3v) is 3.36. The molecule has 1 amide bonds. The Morgan fingerprint density at radius 1 is 1.21 bits per heavy atom. The number of aryl methyl sites for hydroxylation is 2. The maximum atomic E-state index is 11.9. The van der Waals surface area contributed by atoms with Crippen LogP contribution in [-0.4, -0.2) is 10.9 Å². The SMILES string of the molecule is Cc1ccc(CC(=O)Nc2cncc(Br)c2)cc1C. The van der Waals surface area contributed by atoms with Gasteiger partial charge in [-0.2, -0.15) is 0 Å². The lowest BCUT2D eigenvalue weighted by atomic mass is 10.0. The van der Waals surface area contributed by atoms with E-state index in [9.17, 15) is 4.79 Å². The largest absolute Gasteiger partial charge is 0.324 e. The van der Waals surface area contributed by atoms with Gasteiger partial charge in [-0.05, 0) is 52.5 Å². The Kier molecular flexibility index (Phi) is 4.32. The number of anilines is 1. The van der Waals surface area contributed by atoms with Crippen LogP contribution in [0.3, 0.4) is 0 Å². The summed E-state index contributed by atoms with van der Waals surface area (Å²) < 4.78 is 0.844. The van der Waals surface area contributed by atoms with Crippen molar-refractivity contribution < 1.29 is 4.79 Å². The molecule has 0 atom stereocenters. The summed E-state index contributed by atoms with van der Waals surface area (Å²) in [6.45, 7) is 4.11. The summed E-state index contributed by atoms with van der Waals surface area (Å²) in [7, 11) is 0. The Hall–Kier alpha value is -1.68. The van der Waals surface area contributed by atoms with Crippen LogP contribution in [-0.2, 0) is 11.2 Å². The molecule has 0 aliphatic rings. The van der Waals surface area contributed by atoms with Gasteiger partial charge >= 0.3 is 0 Å². The summed E-state index contributed by atoms with van der Waals surface area (Å²) in [6, 6.07) is 7.90. The maximum Gasteiger partial charge on any atom is 0.228 e. The minimum Gasteiger partial charge on any atom is -0.324 e. The Morgan fingerprint density at radius 2 is 2.00 bits per heavy atom. The Balaban J connectivity index is 2.03. The Bertz CT molecular complexity index is 611. The normalized spacial score (nSPS) is 10.3. The molecule has 2 aromatic rings. The van der Waals surface area contributed by atoms with Gasteiger partial charge in [0.1, 0.15) is 0 Å². The van der Waals surface area contributed by atoms with Gasteiger partial charge in [0.15, 0.2) is 0 Å². The highest BCUT2D eigenvalue weighted by molar-refractivity contribution is 9.10. The van der Waals surface area contributed by atoms with Crippen molar-refractivity contribution in [3.8, 4) is 0 Å². The Labute approximate surface area is 121 Å². The second-order valence-corrected chi connectivity index (χ2v) is 5.45. The second kappa shape index (κ2) is 5.97. The zero-order valence-electron chi connectivity index (χ0n) is 10.9. The van der Waals surface area contributed by atoms with Crippen LogP contribution in [0.2, 0.25) is 0 Å². The molecule has 1 N–H and O–H groups in total. The predicted octanol–water partition coefficient (Wildman–Crippen LogP) is 3.64. The molecule has 4 heteroatoms. The number of rotatable bonds is 3. The highest BCUT2D eigenvalue weighted by Crippen LogP contribution is 2.15. The van der Waals surface area contributed by atoms with Gasteiger partial charge in [-0.3, -0.25) is 9.78 Å². The van der Waals surface area contributed by atoms with Crippen LogP contribution in [0, 0.1) is 13.8 Å². The van der Waals surface area contributed by atoms with Crippen molar-refractivity contribution in [3.63, 3.8) is 0 Å². The van der Waals surface area contributed by atoms with E-state index in [2.05, 4.69) is 40.1 Å². The molecule has 1 aromatic heterocycles. The molecule has 0 radical (unpaired) electrons. The van der Waals surface area contributed by atoms with E-state index in [0.717, 1.165) is 10.0 Å². The maximum absolute atomic E-state index is 11.9. The molecular formula is C15H15BrN2O. The van der Waals surface area contributed by atoms with Crippen molar-refractivity contribution in [1.82, 2.24) is 4.98 Å². The number of nitrogens with zero attached hydrogens (tertiary/aromatic N) is 1. The first-order chi connectivity index (χ1) is 9.04. The monoisotopic (exact) mass is 318 g/mol. The number of amides is 1. The molecule has 0 bridgehead atoms. The van der Waals surface area contributed by atoms with Crippen molar-refractivity contribution in [2.24, 2.45) is 0 Å². The molecule has 0 aliphatic heterocycles. The van der Waals surface area contributed by atoms with Crippen molar-refractivity contribution in [2.75, 3.05) is 5.32 Å². The van der Waals surface area contributed by atoms with E-state index >= 15 is 0 Å². The molecule has 19 heavy (non-hydrogen) atoms. The first kappa shape index (κ1) is 13.7. The summed E-state index contributed by atoms with van der Waals surface area (Å²) in [5.74, 6) is -0.0387. The average Bonchev–Trinajstić information content (AvgIpc) is 2.34. The van der Waals surface area contributed by atoms with Crippen LogP contribution in [0.15, 0.2) is 41.1 Å². The second-order valence-electron chi connectivity index (χ2n) is 4.54. The average molecular weight is 319 g/mol. The molecule has 0 aliphatic carbocycles. The standard InChI is InChI=1S/C15H15BrN2O/c1-10-3-4-12(5-11(10)2)6-15(19)18-14-7-13(16)8-17-9-14/h3-5,7-9H,6H2,1-2H3,(H,18,19). The number of halogens is 1. The number of pyridine rings is 1. The minimum absolute atomic E-state index is 0.0387. The number of hydrogen-bond donors (Lipinski definition) is 1. The topological polar surface area (TPSA) is 42.0 Å². The summed E-state index contributed by atoms with van der Waals surface area (Å²) in [5.41, 5.74) is 4.15. The van der Waals surface area contributed by atoms with E-state index < -0.39 is 0 Å². The molecule has 0 saturated heterocycles. The summed E-state index contributed by atoms with van der Waals surface area (Å²) in [6.07, 6.45) is 3.68. The quantitative estimate of drug-likeness (QED) is 0.938. The van der Waals surface area contributed by atoms with Gasteiger partial charge in [-0.25, -0.2) is 0 Å². The first-order valence-corrected chi connectivity index (χ1v) is 6.80. The van der Waals surface area contributed by atoms with Crippen LogP contribution in [0.5, 0.6) is 0 Å². The van der Waals surface area contributed by atoms with Gasteiger partial charge < -0.3 is 5.32 Å². The van der Waals surface area contributed by atoms with E-state index in [4.69, 9.17) is 0 Å². The van der Waals surface area contributed by atoms with Crippen molar-refractivity contribution in [3.05, 3.63) is 57.8 Å². The van der Waals surface area contributed by atoms with E-state index in [1.54, 1.807) is 12.4 Å². The van der Waals surface area contributed by atoms with Gasteiger partial charge in [0.05, 0.1) is 18.3 Å². The lowest BCUT2D eigenvalue weighted by Gasteiger charge is -2.07. The van der Waals surface area contributed by atoms with Crippen molar-refractivity contribution >= 4 is 27.5 Å². The smallest absolute Gasteiger partial charge is 0.228 e. The highest BCUT2D eigenvalue weighted by atomic mass is 79.9. The number of carbonyl (C=O) groups is 1. The van der Waals surface area contributed by atoms with Crippen LogP contribution in [0.4, 0.5) is 5.69 Å². The molecule has 1 aromatic carbocycles. The summed E-state index contributed by atoms with van der Waals surface area (Å²) in [5, 5.41) is 2.83. The van der Waals surface area contributed by atoms with Gasteiger partial charge in [-0.15, -0.1) is 0 Å². The lowest BCUT2D eigenvalue weighted by Crippen LogP contribution is -2.14. The van der Waals surface area contributed by atoms with Gasteiger partial charge in [0, 0.05) is 10.7 Å². The number of carbonyl (C=O) groups excluding carboxylic acids is 1. The molecule has 1 heterocycles. The lowest BCUT2D eigenvalue weighted by molar-refractivity contribution is -0.115. The van der Waals surface area contributed by atoms with E-state index in [1.807, 2.05) is 24.3 Å². The van der Waals surface area contributed by atoms with E-state index in [1.165, 1.54) is 11.1 Å². The van der Waals surface area contributed by atoms with Crippen LogP contribution < -0.4 is 5.32 Å². The van der Waals surface area contributed by atoms with E-state index in [-0.39, 0.29) is 5.91 Å². The summed E-state index contributed by atoms with van der Waals surface area (Å²) >= 11 is 3.32. The molecule has 98 valence electrons. The number of nitrogens with one attached hydrogen (secondary N) is 1. The number of hydrogen-bond acceptors (Lipinski definition) is 2. The van der Waals surface area contributed by atoms with E-state index in [0.29, 0.717) is 12.1 Å². The fourth-order valence-corrected chi connectivity index (χ4v) is 2.15. The molecule has 3 nitrogen and oxygen atoms in total. The molecule has 2 rings (SSSR count). The van der Waals surface area contributed by atoms with Crippen molar-refractivity contribution in [1.29, 1.82) is 0 Å². The van der Waals surface area contributed by atoms with Gasteiger partial charge in [0.25, 0.3) is 0 Å². The van der Waals surface area contributed by atoms with Crippen LogP contribution >= 0.6 is 15.9 Å². The minimum atomic E-state index is -0.0387. The first-order valence-electron chi connectivity index (χ1n) is 6.01. The fraction of sp³-hybridized carbons (Fsp3) is 0.200. The van der Waals surface area contributed by atoms with Crippen molar-refractivity contribution in [2.45, 2.75) is 20.3 Å². The summed E-state index contributed by atoms with van der Waals surface area (Å²) in [4.78, 5) is 15.9. The zero-order valence-corrected chi connectivity index (χ0v) is 12.5. The highest BCUT2D eigenvalue weighted by Gasteiger charge is 2.05. The predicted molar refractivity (Wildman–Crippen MR) is 80.2 cm³/mol. The fourth-order valence-electron chi connectivity index (χ4n) is 1.78. The molecule has 0 saturated carbocycles. The number of aromatic nitrogens is 1. The molecule has 0 unspecified atom stereocenters. The Morgan fingerprint density at radius 3 is 2.68 bits per heavy atom. The molecule has 0 fully saturated rings. The molecule has 0 spiro atoms. The van der Waals surface area contributed by atoms with Gasteiger partial charge in [0.2, 0.25) is 5.91 Å². The third-order valence-electron chi connectivity index (χ3n) is 2.92. The van der Waals surface area contributed by atoms with Gasteiger partial charge in [-0.1, -0.05) is 18.2 Å². The number of benzene rings is 1. The van der Waals surface area contributed by atoms with Crippen LogP contribution in [0.1, 0.15) is 16.7 Å². The third kappa shape index (κ3) is 3.89.